The lowest BCUT2D eigenvalue weighted by Gasteiger charge is -2.35. The van der Waals surface area contributed by atoms with E-state index in [0.29, 0.717) is 21.4 Å². The summed E-state index contributed by atoms with van der Waals surface area (Å²) >= 11 is 12.5. The van der Waals surface area contributed by atoms with Crippen LogP contribution in [-0.4, -0.2) is 50.4 Å². The van der Waals surface area contributed by atoms with E-state index in [1.54, 1.807) is 61.5 Å². The van der Waals surface area contributed by atoms with Gasteiger partial charge in [0, 0.05) is 28.2 Å². The molecule has 0 heterocycles. The highest BCUT2D eigenvalue weighted by molar-refractivity contribution is 7.92. The number of halogens is 2. The molecule has 0 bridgehead atoms. The van der Waals surface area contributed by atoms with Gasteiger partial charge in [0.1, 0.15) is 18.3 Å². The number of hydrogen-bond acceptors (Lipinski definition) is 5. The second-order valence-corrected chi connectivity index (χ2v) is 13.2. The molecule has 0 spiro atoms. The topological polar surface area (TPSA) is 96.0 Å². The minimum atomic E-state index is -4.19. The molecule has 11 heteroatoms. The van der Waals surface area contributed by atoms with E-state index in [0.717, 1.165) is 4.31 Å². The number of rotatable bonds is 11. The maximum Gasteiger partial charge on any atom is 0.264 e. The van der Waals surface area contributed by atoms with E-state index in [4.69, 9.17) is 27.9 Å². The Morgan fingerprint density at radius 3 is 2.24 bits per heavy atom. The van der Waals surface area contributed by atoms with Gasteiger partial charge in [-0.05, 0) is 69.2 Å². The Hall–Kier alpha value is -3.27. The van der Waals surface area contributed by atoms with Crippen LogP contribution in [0.3, 0.4) is 0 Å². The Bertz CT molecular complexity index is 1480. The summed E-state index contributed by atoms with van der Waals surface area (Å²) in [4.78, 5) is 28.9. The molecular weight excluding hydrogens is 585 g/mol. The van der Waals surface area contributed by atoms with Crippen LogP contribution >= 0.6 is 23.2 Å². The smallest absolute Gasteiger partial charge is 0.264 e. The highest BCUT2D eigenvalue weighted by Crippen LogP contribution is 2.29. The zero-order chi connectivity index (χ0) is 30.4. The molecular formula is C30H35Cl2N3O5S. The molecule has 3 aromatic carbocycles. The van der Waals surface area contributed by atoms with Crippen molar-refractivity contribution in [3.05, 3.63) is 88.4 Å². The van der Waals surface area contributed by atoms with Crippen molar-refractivity contribution in [1.29, 1.82) is 0 Å². The molecule has 3 rings (SSSR count). The molecule has 0 radical (unpaired) electrons. The largest absolute Gasteiger partial charge is 0.497 e. The number of carbonyl (C=O) groups is 2. The van der Waals surface area contributed by atoms with Crippen LogP contribution < -0.4 is 14.4 Å². The summed E-state index contributed by atoms with van der Waals surface area (Å²) < 4.78 is 34.1. The highest BCUT2D eigenvalue weighted by atomic mass is 35.5. The molecule has 0 aliphatic heterocycles. The number of carbonyl (C=O) groups excluding carboxylic acids is 2. The van der Waals surface area contributed by atoms with Gasteiger partial charge in [-0.25, -0.2) is 8.42 Å². The van der Waals surface area contributed by atoms with Crippen molar-refractivity contribution in [1.82, 2.24) is 10.2 Å². The molecule has 1 atom stereocenters. The summed E-state index contributed by atoms with van der Waals surface area (Å²) in [7, 11) is -2.72. The molecule has 0 aromatic heterocycles. The fraction of sp³-hybridized carbons (Fsp3) is 0.333. The van der Waals surface area contributed by atoms with Crippen molar-refractivity contribution in [3.63, 3.8) is 0 Å². The molecule has 0 aliphatic rings. The van der Waals surface area contributed by atoms with Crippen LogP contribution in [0.1, 0.15) is 39.7 Å². The van der Waals surface area contributed by atoms with Gasteiger partial charge in [-0.2, -0.15) is 0 Å². The minimum Gasteiger partial charge on any atom is -0.497 e. The average molecular weight is 621 g/mol. The summed E-state index contributed by atoms with van der Waals surface area (Å²) in [5, 5.41) is 3.68. The lowest BCUT2D eigenvalue weighted by Crippen LogP contribution is -2.55. The second kappa shape index (κ2) is 13.6. The Morgan fingerprint density at radius 2 is 1.66 bits per heavy atom. The first-order valence-electron chi connectivity index (χ1n) is 13.0. The number of nitrogens with zero attached hydrogens (tertiary/aromatic N) is 2. The van der Waals surface area contributed by atoms with Crippen LogP contribution in [0.5, 0.6) is 5.75 Å². The highest BCUT2D eigenvalue weighted by Gasteiger charge is 2.35. The zero-order valence-corrected chi connectivity index (χ0v) is 26.1. The van der Waals surface area contributed by atoms with Crippen LogP contribution in [0.15, 0.2) is 77.7 Å². The molecule has 220 valence electrons. The predicted octanol–water partition coefficient (Wildman–Crippen LogP) is 5.92. The molecule has 8 nitrogen and oxygen atoms in total. The molecule has 0 aliphatic carbocycles. The Balaban J connectivity index is 2.10. The van der Waals surface area contributed by atoms with Crippen molar-refractivity contribution in [3.8, 4) is 5.75 Å². The van der Waals surface area contributed by atoms with Crippen molar-refractivity contribution in [2.24, 2.45) is 0 Å². The Kier molecular flexibility index (Phi) is 10.7. The third-order valence-electron chi connectivity index (χ3n) is 6.19. The second-order valence-electron chi connectivity index (χ2n) is 10.4. The summed E-state index contributed by atoms with van der Waals surface area (Å²) in [6.45, 7) is 6.71. The summed E-state index contributed by atoms with van der Waals surface area (Å²) in [5.74, 6) is -0.532. The van der Waals surface area contributed by atoms with Gasteiger partial charge in [-0.3, -0.25) is 13.9 Å². The van der Waals surface area contributed by atoms with Crippen LogP contribution in [0, 0.1) is 0 Å². The third-order valence-corrected chi connectivity index (χ3v) is 8.57. The van der Waals surface area contributed by atoms with Crippen molar-refractivity contribution >= 4 is 50.7 Å². The minimum absolute atomic E-state index is 0.0143. The van der Waals surface area contributed by atoms with E-state index in [-0.39, 0.29) is 29.5 Å². The fourth-order valence-electron chi connectivity index (χ4n) is 4.22. The number of ether oxygens (including phenoxy) is 1. The van der Waals surface area contributed by atoms with Gasteiger partial charge in [0.25, 0.3) is 10.0 Å². The number of sulfonamides is 1. The molecule has 1 N–H and O–H groups in total. The predicted molar refractivity (Wildman–Crippen MR) is 163 cm³/mol. The van der Waals surface area contributed by atoms with Gasteiger partial charge in [0.05, 0.1) is 17.7 Å². The molecule has 0 unspecified atom stereocenters. The number of amides is 2. The number of nitrogens with one attached hydrogen (secondary N) is 1. The molecule has 0 fully saturated rings. The molecule has 41 heavy (non-hydrogen) atoms. The summed E-state index contributed by atoms with van der Waals surface area (Å²) in [5.41, 5.74) is 0.240. The maximum atomic E-state index is 14.2. The van der Waals surface area contributed by atoms with E-state index in [1.807, 2.05) is 20.8 Å². The fourth-order valence-corrected chi connectivity index (χ4v) is 6.12. The van der Waals surface area contributed by atoms with Crippen molar-refractivity contribution in [2.75, 3.05) is 18.0 Å². The standard InChI is InChI=1S/C30H35Cl2N3O5S/c1-6-27(29(37)33-30(2,3)4)34(19-21-15-16-22(31)17-26(21)32)28(36)20-35(23-11-10-12-24(18-23)40-5)41(38,39)25-13-8-7-9-14-25/h7-18,27H,6,19-20H2,1-5H3,(H,33,37)/t27-/m1/s1. The van der Waals surface area contributed by atoms with Gasteiger partial charge >= 0.3 is 0 Å². The molecule has 3 aromatic rings. The van der Waals surface area contributed by atoms with E-state index < -0.39 is 34.1 Å². The maximum absolute atomic E-state index is 14.2. The van der Waals surface area contributed by atoms with Gasteiger partial charge in [-0.1, -0.05) is 60.5 Å². The first kappa shape index (κ1) is 32.2. The quantitative estimate of drug-likeness (QED) is 0.287. The van der Waals surface area contributed by atoms with Gasteiger partial charge in [0.15, 0.2) is 0 Å². The van der Waals surface area contributed by atoms with E-state index in [2.05, 4.69) is 5.32 Å². The lowest BCUT2D eigenvalue weighted by atomic mass is 10.1. The number of hydrogen-bond donors (Lipinski definition) is 1. The van der Waals surface area contributed by atoms with E-state index in [1.165, 1.54) is 30.2 Å². The monoisotopic (exact) mass is 619 g/mol. The average Bonchev–Trinajstić information content (AvgIpc) is 2.92. The van der Waals surface area contributed by atoms with Gasteiger partial charge in [-0.15, -0.1) is 0 Å². The molecule has 2 amide bonds. The van der Waals surface area contributed by atoms with Crippen LogP contribution in [0.25, 0.3) is 0 Å². The SMILES string of the molecule is CC[C@H](C(=O)NC(C)(C)C)N(Cc1ccc(Cl)cc1Cl)C(=O)CN(c1cccc(OC)c1)S(=O)(=O)c1ccccc1. The first-order chi connectivity index (χ1) is 19.3. The van der Waals surface area contributed by atoms with Crippen molar-refractivity contribution < 1.29 is 22.7 Å². The lowest BCUT2D eigenvalue weighted by molar-refractivity contribution is -0.141. The molecule has 0 saturated carbocycles. The van der Waals surface area contributed by atoms with E-state index in [9.17, 15) is 18.0 Å². The summed E-state index contributed by atoms with van der Waals surface area (Å²) in [6.07, 6.45) is 0.281. The van der Waals surface area contributed by atoms with Gasteiger partial charge < -0.3 is 15.0 Å². The van der Waals surface area contributed by atoms with Crippen LogP contribution in [0.2, 0.25) is 10.0 Å². The first-order valence-corrected chi connectivity index (χ1v) is 15.2. The Labute approximate surface area is 252 Å². The number of benzene rings is 3. The Morgan fingerprint density at radius 1 is 0.976 bits per heavy atom. The number of methoxy groups -OCH3 is 1. The summed E-state index contributed by atoms with van der Waals surface area (Å²) in [6, 6.07) is 18.3. The molecule has 0 saturated heterocycles. The zero-order valence-electron chi connectivity index (χ0n) is 23.7. The van der Waals surface area contributed by atoms with Crippen LogP contribution in [0.4, 0.5) is 5.69 Å². The van der Waals surface area contributed by atoms with E-state index >= 15 is 0 Å². The third kappa shape index (κ3) is 8.38. The van der Waals surface area contributed by atoms with Gasteiger partial charge in [0.2, 0.25) is 11.8 Å². The van der Waals surface area contributed by atoms with Crippen LogP contribution in [-0.2, 0) is 26.2 Å². The normalized spacial score (nSPS) is 12.4. The van der Waals surface area contributed by atoms with Crippen molar-refractivity contribution in [2.45, 2.75) is 57.1 Å². The number of anilines is 1.